The maximum Gasteiger partial charge on any atom is 0.417 e. The summed E-state index contributed by atoms with van der Waals surface area (Å²) in [5, 5.41) is 8.94. The molecule has 1 heterocycles. The van der Waals surface area contributed by atoms with Crippen molar-refractivity contribution in [3.63, 3.8) is 0 Å². The summed E-state index contributed by atoms with van der Waals surface area (Å²) < 4.78 is 41.3. The molecule has 0 aromatic heterocycles. The highest BCUT2D eigenvalue weighted by molar-refractivity contribution is 5.15. The van der Waals surface area contributed by atoms with Crippen molar-refractivity contribution in [2.75, 3.05) is 0 Å². The molecule has 17 heavy (non-hydrogen) atoms. The first kappa shape index (κ1) is 12.4. The second-order valence-electron chi connectivity index (χ2n) is 4.15. The van der Waals surface area contributed by atoms with E-state index < -0.39 is 24.5 Å². The van der Waals surface area contributed by atoms with Crippen molar-refractivity contribution in [2.24, 2.45) is 0 Å². The molecule has 5 heteroatoms. The van der Waals surface area contributed by atoms with Crippen LogP contribution in [-0.4, -0.2) is 29.6 Å². The number of aliphatic hydroxyl groups is 1. The summed E-state index contributed by atoms with van der Waals surface area (Å²) in [7, 11) is 0. The predicted octanol–water partition coefficient (Wildman–Crippen LogP) is 2.31. The van der Waals surface area contributed by atoms with E-state index >= 15 is 0 Å². The van der Waals surface area contributed by atoms with Crippen LogP contribution in [0.25, 0.3) is 0 Å². The first-order valence-electron chi connectivity index (χ1n) is 5.42. The first-order chi connectivity index (χ1) is 7.98. The Hall–Kier alpha value is -1.07. The average Bonchev–Trinajstić information content (AvgIpc) is 3.05. The van der Waals surface area contributed by atoms with Crippen LogP contribution < -0.4 is 0 Å². The largest absolute Gasteiger partial charge is 0.417 e. The van der Waals surface area contributed by atoms with Gasteiger partial charge in [0.2, 0.25) is 0 Å². The van der Waals surface area contributed by atoms with Gasteiger partial charge in [-0.1, -0.05) is 30.3 Å². The Morgan fingerprint density at radius 1 is 1.24 bits per heavy atom. The number of halogens is 3. The highest BCUT2D eigenvalue weighted by Gasteiger charge is 2.55. The zero-order chi connectivity index (χ0) is 12.5. The molecular weight excluding hydrogens is 233 g/mol. The molecule has 1 aromatic carbocycles. The first-order valence-corrected chi connectivity index (χ1v) is 5.42. The number of benzene rings is 1. The molecule has 0 amide bonds. The van der Waals surface area contributed by atoms with E-state index in [1.54, 1.807) is 0 Å². The van der Waals surface area contributed by atoms with Crippen molar-refractivity contribution in [3.05, 3.63) is 35.9 Å². The Morgan fingerprint density at radius 3 is 2.47 bits per heavy atom. The number of rotatable bonds is 4. The second-order valence-corrected chi connectivity index (χ2v) is 4.15. The van der Waals surface area contributed by atoms with Crippen molar-refractivity contribution in [3.8, 4) is 0 Å². The van der Waals surface area contributed by atoms with Crippen molar-refractivity contribution in [1.82, 2.24) is 0 Å². The van der Waals surface area contributed by atoms with Gasteiger partial charge in [-0.05, 0) is 18.4 Å². The summed E-state index contributed by atoms with van der Waals surface area (Å²) in [6.07, 6.45) is -7.35. The molecule has 0 bridgehead atoms. The fourth-order valence-electron chi connectivity index (χ4n) is 1.81. The molecule has 1 saturated heterocycles. The van der Waals surface area contributed by atoms with Gasteiger partial charge in [0, 0.05) is 0 Å². The summed E-state index contributed by atoms with van der Waals surface area (Å²) in [6.45, 7) is 0. The maximum atomic E-state index is 12.1. The van der Waals surface area contributed by atoms with Crippen molar-refractivity contribution in [1.29, 1.82) is 0 Å². The van der Waals surface area contributed by atoms with Gasteiger partial charge in [0.25, 0.3) is 0 Å². The van der Waals surface area contributed by atoms with E-state index in [1.807, 2.05) is 30.3 Å². The molecule has 2 rings (SSSR count). The van der Waals surface area contributed by atoms with E-state index in [-0.39, 0.29) is 0 Å². The summed E-state index contributed by atoms with van der Waals surface area (Å²) in [6, 6.07) is 9.47. The monoisotopic (exact) mass is 246 g/mol. The van der Waals surface area contributed by atoms with Crippen LogP contribution >= 0.6 is 0 Å². The number of hydrogen-bond donors (Lipinski definition) is 1. The number of aryl methyl sites for hydroxylation is 1. The maximum absolute atomic E-state index is 12.1. The number of alkyl halides is 3. The third kappa shape index (κ3) is 3.20. The molecule has 0 spiro atoms. The zero-order valence-electron chi connectivity index (χ0n) is 9.02. The quantitative estimate of drug-likeness (QED) is 0.827. The van der Waals surface area contributed by atoms with Gasteiger partial charge in [0.05, 0.1) is 6.10 Å². The summed E-state index contributed by atoms with van der Waals surface area (Å²) in [4.78, 5) is 0. The molecule has 1 N–H and O–H groups in total. The predicted molar refractivity (Wildman–Crippen MR) is 55.5 cm³/mol. The van der Waals surface area contributed by atoms with E-state index in [0.29, 0.717) is 12.8 Å². The van der Waals surface area contributed by atoms with Gasteiger partial charge in [-0.3, -0.25) is 0 Å². The third-order valence-corrected chi connectivity index (χ3v) is 2.83. The Balaban J connectivity index is 1.77. The number of ether oxygens (including phenoxy) is 1. The Bertz CT molecular complexity index is 364. The molecule has 1 aliphatic rings. The van der Waals surface area contributed by atoms with Crippen LogP contribution in [-0.2, 0) is 11.2 Å². The van der Waals surface area contributed by atoms with Gasteiger partial charge in [0.1, 0.15) is 6.10 Å². The number of hydrogen-bond acceptors (Lipinski definition) is 2. The average molecular weight is 246 g/mol. The van der Waals surface area contributed by atoms with Crippen LogP contribution in [0.15, 0.2) is 30.3 Å². The molecule has 94 valence electrons. The van der Waals surface area contributed by atoms with Crippen LogP contribution in [0.4, 0.5) is 13.2 Å². The van der Waals surface area contributed by atoms with Gasteiger partial charge >= 0.3 is 6.18 Å². The lowest BCUT2D eigenvalue weighted by Gasteiger charge is -2.11. The molecule has 1 aromatic rings. The molecule has 2 nitrogen and oxygen atoms in total. The highest BCUT2D eigenvalue weighted by Crippen LogP contribution is 2.36. The second kappa shape index (κ2) is 4.66. The lowest BCUT2D eigenvalue weighted by Crippen LogP contribution is -2.34. The molecule has 0 radical (unpaired) electrons. The highest BCUT2D eigenvalue weighted by atomic mass is 19.4. The Kier molecular flexibility index (Phi) is 3.40. The SMILES string of the molecule is O[C@@H]([C@H]1O[C@H]1CCc1ccccc1)C(F)(F)F. The molecule has 0 aliphatic carbocycles. The molecule has 3 atom stereocenters. The van der Waals surface area contributed by atoms with Gasteiger partial charge in [-0.15, -0.1) is 0 Å². The Morgan fingerprint density at radius 2 is 1.88 bits per heavy atom. The lowest BCUT2D eigenvalue weighted by atomic mass is 10.1. The van der Waals surface area contributed by atoms with E-state index in [2.05, 4.69) is 0 Å². The minimum absolute atomic E-state index is 0.480. The smallest absolute Gasteiger partial charge is 0.381 e. The van der Waals surface area contributed by atoms with E-state index in [1.165, 1.54) is 0 Å². The fraction of sp³-hybridized carbons (Fsp3) is 0.500. The number of epoxide rings is 1. The van der Waals surface area contributed by atoms with Gasteiger partial charge < -0.3 is 9.84 Å². The molecule has 0 unspecified atom stereocenters. The molecule has 1 aliphatic heterocycles. The third-order valence-electron chi connectivity index (χ3n) is 2.83. The zero-order valence-corrected chi connectivity index (χ0v) is 9.02. The minimum Gasteiger partial charge on any atom is -0.381 e. The minimum atomic E-state index is -4.59. The van der Waals surface area contributed by atoms with Crippen molar-refractivity contribution >= 4 is 0 Å². The van der Waals surface area contributed by atoms with Crippen LogP contribution in [0.3, 0.4) is 0 Å². The summed E-state index contributed by atoms with van der Waals surface area (Å²) >= 11 is 0. The Labute approximate surface area is 97.0 Å². The molecule has 1 fully saturated rings. The van der Waals surface area contributed by atoms with E-state index in [9.17, 15) is 13.2 Å². The normalized spacial score (nSPS) is 25.6. The topological polar surface area (TPSA) is 32.8 Å². The lowest BCUT2D eigenvalue weighted by molar-refractivity contribution is -0.208. The van der Waals surface area contributed by atoms with E-state index in [4.69, 9.17) is 9.84 Å². The van der Waals surface area contributed by atoms with E-state index in [0.717, 1.165) is 5.56 Å². The van der Waals surface area contributed by atoms with Gasteiger partial charge in [-0.2, -0.15) is 13.2 Å². The molecule has 0 saturated carbocycles. The van der Waals surface area contributed by atoms with Crippen LogP contribution in [0, 0.1) is 0 Å². The van der Waals surface area contributed by atoms with Crippen molar-refractivity contribution in [2.45, 2.75) is 37.3 Å². The standard InChI is InChI=1S/C12H13F3O2/c13-12(14,15)11(16)10-9(17-10)7-6-8-4-2-1-3-5-8/h1-5,9-11,16H,6-7H2/t9-,10-,11-/m0/s1. The molecular formula is C12H13F3O2. The van der Waals surface area contributed by atoms with Crippen LogP contribution in [0.5, 0.6) is 0 Å². The fourth-order valence-corrected chi connectivity index (χ4v) is 1.81. The van der Waals surface area contributed by atoms with Crippen molar-refractivity contribution < 1.29 is 23.0 Å². The van der Waals surface area contributed by atoms with Gasteiger partial charge in [-0.25, -0.2) is 0 Å². The van der Waals surface area contributed by atoms with Gasteiger partial charge in [0.15, 0.2) is 6.10 Å². The van der Waals surface area contributed by atoms with Crippen LogP contribution in [0.2, 0.25) is 0 Å². The summed E-state index contributed by atoms with van der Waals surface area (Å²) in [5.74, 6) is 0. The number of aliphatic hydroxyl groups excluding tert-OH is 1. The summed E-state index contributed by atoms with van der Waals surface area (Å²) in [5.41, 5.74) is 1.06. The van der Waals surface area contributed by atoms with Crippen LogP contribution in [0.1, 0.15) is 12.0 Å².